The molecule has 1 N–H and O–H groups in total. The highest BCUT2D eigenvalue weighted by Gasteiger charge is 2.16. The van der Waals surface area contributed by atoms with E-state index in [-0.39, 0.29) is 5.91 Å². The van der Waals surface area contributed by atoms with Crippen molar-refractivity contribution in [3.8, 4) is 17.2 Å². The van der Waals surface area contributed by atoms with Crippen LogP contribution in [0.15, 0.2) is 40.9 Å². The minimum atomic E-state index is -0.281. The summed E-state index contributed by atoms with van der Waals surface area (Å²) in [6, 6.07) is 10.5. The Morgan fingerprint density at radius 2 is 1.78 bits per heavy atom. The van der Waals surface area contributed by atoms with Gasteiger partial charge in [0.15, 0.2) is 0 Å². The molecule has 0 atom stereocenters. The van der Waals surface area contributed by atoms with E-state index in [2.05, 4.69) is 21.2 Å². The quantitative estimate of drug-likeness (QED) is 0.819. The lowest BCUT2D eigenvalue weighted by atomic mass is 10.1. The predicted molar refractivity (Wildman–Crippen MR) is 92.8 cm³/mol. The number of nitrogens with one attached hydrogen (secondary N) is 1. The van der Waals surface area contributed by atoms with Gasteiger partial charge in [-0.2, -0.15) is 0 Å². The topological polar surface area (TPSA) is 56.8 Å². The average molecular weight is 380 g/mol. The highest BCUT2D eigenvalue weighted by Crippen LogP contribution is 2.36. The van der Waals surface area contributed by atoms with Crippen LogP contribution in [-0.4, -0.2) is 26.7 Å². The molecule has 23 heavy (non-hydrogen) atoms. The number of hydrogen-bond donors (Lipinski definition) is 1. The number of hydrogen-bond acceptors (Lipinski definition) is 4. The van der Waals surface area contributed by atoms with Crippen molar-refractivity contribution < 1.29 is 19.0 Å². The zero-order valence-corrected chi connectivity index (χ0v) is 14.8. The maximum Gasteiger partial charge on any atom is 0.259 e. The third kappa shape index (κ3) is 3.96. The summed E-state index contributed by atoms with van der Waals surface area (Å²) in [5.41, 5.74) is 0.974. The van der Waals surface area contributed by atoms with Crippen molar-refractivity contribution in [1.29, 1.82) is 0 Å². The maximum absolute atomic E-state index is 12.6. The molecule has 1 amide bonds. The minimum absolute atomic E-state index is 0.281. The van der Waals surface area contributed by atoms with E-state index in [1.807, 2.05) is 13.0 Å². The van der Waals surface area contributed by atoms with E-state index < -0.39 is 0 Å². The second-order valence-corrected chi connectivity index (χ2v) is 5.42. The van der Waals surface area contributed by atoms with E-state index in [1.165, 1.54) is 7.11 Å². The van der Waals surface area contributed by atoms with Crippen LogP contribution < -0.4 is 19.5 Å². The maximum atomic E-state index is 12.6. The molecule has 5 nitrogen and oxygen atoms in total. The summed E-state index contributed by atoms with van der Waals surface area (Å²) in [4.78, 5) is 12.6. The van der Waals surface area contributed by atoms with Crippen molar-refractivity contribution in [3.63, 3.8) is 0 Å². The number of anilines is 1. The number of methoxy groups -OCH3 is 2. The van der Waals surface area contributed by atoms with E-state index in [0.29, 0.717) is 35.1 Å². The van der Waals surface area contributed by atoms with E-state index in [4.69, 9.17) is 14.2 Å². The van der Waals surface area contributed by atoms with Crippen LogP contribution >= 0.6 is 15.9 Å². The Labute approximate surface area is 143 Å². The fraction of sp³-hybridized carbons (Fsp3) is 0.235. The van der Waals surface area contributed by atoms with Crippen LogP contribution in [0.25, 0.3) is 0 Å². The summed E-state index contributed by atoms with van der Waals surface area (Å²) in [5.74, 6) is 1.38. The van der Waals surface area contributed by atoms with Crippen LogP contribution in [0.2, 0.25) is 0 Å². The number of halogens is 1. The van der Waals surface area contributed by atoms with Gasteiger partial charge in [0.2, 0.25) is 0 Å². The molecule has 0 saturated heterocycles. The number of carbonyl (C=O) groups excluding carboxylic acids is 1. The van der Waals surface area contributed by atoms with Gasteiger partial charge in [-0.15, -0.1) is 0 Å². The first kappa shape index (κ1) is 17.1. The molecule has 0 aliphatic rings. The van der Waals surface area contributed by atoms with E-state index >= 15 is 0 Å². The molecule has 0 unspecified atom stereocenters. The molecule has 2 aromatic carbocycles. The first-order valence-corrected chi connectivity index (χ1v) is 7.84. The van der Waals surface area contributed by atoms with Crippen molar-refractivity contribution in [2.75, 3.05) is 26.1 Å². The Hall–Kier alpha value is -2.21. The summed E-state index contributed by atoms with van der Waals surface area (Å²) in [5, 5.41) is 2.83. The molecule has 0 aromatic heterocycles. The van der Waals surface area contributed by atoms with Gasteiger partial charge in [0.25, 0.3) is 5.91 Å². The van der Waals surface area contributed by atoms with Crippen molar-refractivity contribution in [2.45, 2.75) is 6.92 Å². The normalized spacial score (nSPS) is 10.1. The molecule has 0 bridgehead atoms. The third-order valence-corrected chi connectivity index (χ3v) is 3.77. The van der Waals surface area contributed by atoms with Crippen molar-refractivity contribution in [2.24, 2.45) is 0 Å². The first-order valence-electron chi connectivity index (χ1n) is 7.05. The van der Waals surface area contributed by atoms with Crippen molar-refractivity contribution in [1.82, 2.24) is 0 Å². The number of ether oxygens (including phenoxy) is 3. The van der Waals surface area contributed by atoms with Gasteiger partial charge in [-0.3, -0.25) is 4.79 Å². The van der Waals surface area contributed by atoms with Gasteiger partial charge in [0.1, 0.15) is 17.2 Å². The van der Waals surface area contributed by atoms with Crippen molar-refractivity contribution >= 4 is 27.5 Å². The van der Waals surface area contributed by atoms with Crippen LogP contribution in [0.5, 0.6) is 17.2 Å². The van der Waals surface area contributed by atoms with Gasteiger partial charge in [-0.05, 0) is 35.0 Å². The number of benzene rings is 2. The Kier molecular flexibility index (Phi) is 5.87. The lowest BCUT2D eigenvalue weighted by molar-refractivity contribution is 0.102. The summed E-state index contributed by atoms with van der Waals surface area (Å²) >= 11 is 3.39. The summed E-state index contributed by atoms with van der Waals surface area (Å²) < 4.78 is 16.8. The summed E-state index contributed by atoms with van der Waals surface area (Å²) in [7, 11) is 3.10. The molecule has 0 spiro atoms. The van der Waals surface area contributed by atoms with E-state index in [1.54, 1.807) is 37.4 Å². The molecule has 122 valence electrons. The van der Waals surface area contributed by atoms with Crippen LogP contribution in [0, 0.1) is 0 Å². The molecule has 0 saturated carbocycles. The molecular formula is C17H18BrNO4. The monoisotopic (exact) mass is 379 g/mol. The molecule has 2 rings (SSSR count). The second kappa shape index (κ2) is 7.87. The molecule has 0 aliphatic carbocycles. The van der Waals surface area contributed by atoms with E-state index in [0.717, 1.165) is 4.47 Å². The third-order valence-electron chi connectivity index (χ3n) is 3.15. The summed E-state index contributed by atoms with van der Waals surface area (Å²) in [6.07, 6.45) is 0. The molecule has 6 heteroatoms. The van der Waals surface area contributed by atoms with Gasteiger partial charge in [-0.1, -0.05) is 12.1 Å². The SMILES string of the molecule is CCOc1ccccc1C(=O)Nc1cc(OC)c(Br)cc1OC. The van der Waals surface area contributed by atoms with Gasteiger partial charge < -0.3 is 19.5 Å². The largest absolute Gasteiger partial charge is 0.495 e. The number of carbonyl (C=O) groups is 1. The predicted octanol–water partition coefficient (Wildman–Crippen LogP) is 4.12. The van der Waals surface area contributed by atoms with E-state index in [9.17, 15) is 4.79 Å². The smallest absolute Gasteiger partial charge is 0.259 e. The highest BCUT2D eigenvalue weighted by molar-refractivity contribution is 9.10. The van der Waals surface area contributed by atoms with Crippen molar-refractivity contribution in [3.05, 3.63) is 46.4 Å². The zero-order valence-electron chi connectivity index (χ0n) is 13.2. The minimum Gasteiger partial charge on any atom is -0.495 e. The first-order chi connectivity index (χ1) is 11.1. The number of para-hydroxylation sites is 1. The van der Waals surface area contributed by atoms with Gasteiger partial charge in [0, 0.05) is 12.1 Å². The van der Waals surface area contributed by atoms with Crippen LogP contribution in [0.4, 0.5) is 5.69 Å². The molecular weight excluding hydrogens is 362 g/mol. The number of rotatable bonds is 6. The molecule has 2 aromatic rings. The standard InChI is InChI=1S/C17H18BrNO4/c1-4-23-14-8-6-5-7-11(14)17(20)19-13-10-15(21-2)12(18)9-16(13)22-3/h5-10H,4H2,1-3H3,(H,19,20). The lowest BCUT2D eigenvalue weighted by Crippen LogP contribution is -2.14. The van der Waals surface area contributed by atoms with Gasteiger partial charge in [0.05, 0.1) is 36.6 Å². The Bertz CT molecular complexity index is 703. The molecule has 0 aliphatic heterocycles. The Morgan fingerprint density at radius 1 is 1.09 bits per heavy atom. The zero-order chi connectivity index (χ0) is 16.8. The fourth-order valence-corrected chi connectivity index (χ4v) is 2.57. The van der Waals surface area contributed by atoms with Crippen LogP contribution in [0.3, 0.4) is 0 Å². The Morgan fingerprint density at radius 3 is 2.43 bits per heavy atom. The average Bonchev–Trinajstić information content (AvgIpc) is 2.56. The molecule has 0 heterocycles. The summed E-state index contributed by atoms with van der Waals surface area (Å²) in [6.45, 7) is 2.36. The van der Waals surface area contributed by atoms with Gasteiger partial charge >= 0.3 is 0 Å². The second-order valence-electron chi connectivity index (χ2n) is 4.57. The Balaban J connectivity index is 2.33. The molecule has 0 fully saturated rings. The van der Waals surface area contributed by atoms with Gasteiger partial charge in [-0.25, -0.2) is 0 Å². The highest BCUT2D eigenvalue weighted by atomic mass is 79.9. The fourth-order valence-electron chi connectivity index (χ4n) is 2.08. The lowest BCUT2D eigenvalue weighted by Gasteiger charge is -2.14. The molecule has 0 radical (unpaired) electrons. The van der Waals surface area contributed by atoms with Crippen LogP contribution in [0.1, 0.15) is 17.3 Å². The van der Waals surface area contributed by atoms with Crippen LogP contribution in [-0.2, 0) is 0 Å². The number of amides is 1.